The van der Waals surface area contributed by atoms with Gasteiger partial charge in [0.1, 0.15) is 29.0 Å². The number of nitrogens with zero attached hydrogens (tertiary/aromatic N) is 6. The van der Waals surface area contributed by atoms with E-state index in [-0.39, 0.29) is 0 Å². The fourth-order valence-corrected chi connectivity index (χ4v) is 3.83. The highest BCUT2D eigenvalue weighted by Gasteiger charge is 2.36. The highest BCUT2D eigenvalue weighted by molar-refractivity contribution is 7.85. The molecule has 3 aromatic rings. The Labute approximate surface area is 227 Å². The van der Waals surface area contributed by atoms with Gasteiger partial charge >= 0.3 is 0 Å². The minimum absolute atomic E-state index is 0.382. The second-order valence-electron chi connectivity index (χ2n) is 8.44. The number of ether oxygens (including phenoxy) is 4. The maximum absolute atomic E-state index is 11.8. The van der Waals surface area contributed by atoms with Crippen molar-refractivity contribution in [3.8, 4) is 23.0 Å². The van der Waals surface area contributed by atoms with Crippen molar-refractivity contribution in [2.45, 2.75) is 18.2 Å². The number of azide groups is 1. The molecular weight excluding hydrogens is 528 g/mol. The lowest BCUT2D eigenvalue weighted by Crippen LogP contribution is -2.41. The van der Waals surface area contributed by atoms with E-state index in [2.05, 4.69) is 20.0 Å². The van der Waals surface area contributed by atoms with Gasteiger partial charge in [-0.15, -0.1) is 0 Å². The summed E-state index contributed by atoms with van der Waals surface area (Å²) in [5.74, 6) is 2.50. The summed E-state index contributed by atoms with van der Waals surface area (Å²) < 4.78 is 51.7. The number of benzene rings is 2. The Hall–Kier alpha value is -4.26. The van der Waals surface area contributed by atoms with Crippen LogP contribution < -0.4 is 23.8 Å². The Morgan fingerprint density at radius 2 is 1.38 bits per heavy atom. The minimum atomic E-state index is -3.87. The monoisotopic (exact) mass is 558 g/mol. The van der Waals surface area contributed by atoms with Crippen molar-refractivity contribution in [3.63, 3.8) is 0 Å². The lowest BCUT2D eigenvalue weighted by Gasteiger charge is -2.32. The summed E-state index contributed by atoms with van der Waals surface area (Å²) >= 11 is 0. The summed E-state index contributed by atoms with van der Waals surface area (Å²) in [5.41, 5.74) is 9.82. The average molecular weight is 559 g/mol. The van der Waals surface area contributed by atoms with E-state index in [1.807, 2.05) is 0 Å². The van der Waals surface area contributed by atoms with E-state index in [9.17, 15) is 13.9 Å². The van der Waals surface area contributed by atoms with E-state index in [1.54, 1.807) is 87.0 Å². The molecule has 0 aliphatic rings. The third kappa shape index (κ3) is 8.64. The van der Waals surface area contributed by atoms with Crippen LogP contribution in [0.3, 0.4) is 0 Å². The molecular formula is C25H30N6O7S. The van der Waals surface area contributed by atoms with E-state index in [4.69, 9.17) is 23.1 Å². The first-order valence-electron chi connectivity index (χ1n) is 11.6. The zero-order chi connectivity index (χ0) is 28.4. The van der Waals surface area contributed by atoms with Crippen molar-refractivity contribution < 1.29 is 31.5 Å². The maximum atomic E-state index is 11.8. The Kier molecular flexibility index (Phi) is 10.1. The molecule has 3 atom stereocenters. The summed E-state index contributed by atoms with van der Waals surface area (Å²) in [6, 6.07) is 12.4. The molecule has 39 heavy (non-hydrogen) atoms. The molecule has 0 fully saturated rings. The summed E-state index contributed by atoms with van der Waals surface area (Å²) in [5, 5.41) is 3.81. The van der Waals surface area contributed by atoms with Crippen molar-refractivity contribution in [2.75, 3.05) is 46.1 Å². The molecule has 2 aromatic carbocycles. The van der Waals surface area contributed by atoms with Crippen LogP contribution in [-0.2, 0) is 14.3 Å². The number of hydrogen-bond acceptors (Lipinski definition) is 11. The Bertz CT molecular complexity index is 1350. The number of methoxy groups -OCH3 is 2. The summed E-state index contributed by atoms with van der Waals surface area (Å²) in [4.78, 5) is 13.4. The van der Waals surface area contributed by atoms with Crippen LogP contribution in [0.5, 0.6) is 23.0 Å². The SMILES string of the molecule is COc1ccc(O[C@H](c2cnc(N(C)C)nc2)[C@@H](Oc2ccc(OC)cc2)C(COS(C)(=O)=O)N=[N+]=[N-])cc1. The maximum Gasteiger partial charge on any atom is 0.264 e. The van der Waals surface area contributed by atoms with Gasteiger partial charge in [0, 0.05) is 37.0 Å². The van der Waals surface area contributed by atoms with Crippen molar-refractivity contribution >= 4 is 16.1 Å². The lowest BCUT2D eigenvalue weighted by atomic mass is 10.0. The fraction of sp³-hybridized carbons (Fsp3) is 0.360. The van der Waals surface area contributed by atoms with Gasteiger partial charge in [-0.3, -0.25) is 4.18 Å². The van der Waals surface area contributed by atoms with Crippen LogP contribution in [-0.4, -0.2) is 71.7 Å². The van der Waals surface area contributed by atoms with Crippen LogP contribution in [0.25, 0.3) is 10.4 Å². The molecule has 0 saturated heterocycles. The molecule has 14 heteroatoms. The molecule has 0 radical (unpaired) electrons. The molecule has 3 rings (SSSR count). The van der Waals surface area contributed by atoms with Crippen molar-refractivity contribution in [3.05, 3.63) is 76.9 Å². The zero-order valence-corrected chi connectivity index (χ0v) is 23.0. The Morgan fingerprint density at radius 3 is 1.82 bits per heavy atom. The Morgan fingerprint density at radius 1 is 0.897 bits per heavy atom. The molecule has 0 saturated carbocycles. The van der Waals surface area contributed by atoms with Gasteiger partial charge in [0.05, 0.1) is 27.1 Å². The first-order valence-corrected chi connectivity index (χ1v) is 13.4. The van der Waals surface area contributed by atoms with Crippen LogP contribution in [0.15, 0.2) is 66.0 Å². The quantitative estimate of drug-likeness (QED) is 0.123. The van der Waals surface area contributed by atoms with Gasteiger partial charge < -0.3 is 23.8 Å². The predicted octanol–water partition coefficient (Wildman–Crippen LogP) is 3.78. The predicted molar refractivity (Wildman–Crippen MR) is 144 cm³/mol. The van der Waals surface area contributed by atoms with E-state index >= 15 is 0 Å². The first kappa shape index (κ1) is 29.3. The van der Waals surface area contributed by atoms with Gasteiger partial charge in [-0.2, -0.15) is 8.42 Å². The van der Waals surface area contributed by atoms with Gasteiger partial charge in [-0.05, 0) is 54.1 Å². The second kappa shape index (κ2) is 13.5. The van der Waals surface area contributed by atoms with Gasteiger partial charge in [0.15, 0.2) is 12.2 Å². The van der Waals surface area contributed by atoms with E-state index in [0.717, 1.165) is 6.26 Å². The standard InChI is InChI=1S/C25H30N6O7S/c1-31(2)25-27-14-17(15-28-25)23(37-20-10-6-18(34-3)7-11-20)24(22(29-30-26)16-36-39(5,32)33)38-21-12-8-19(35-4)9-13-21/h6-15,22-24H,16H2,1-5H3/t22?,23-,24+/m1/s1. The van der Waals surface area contributed by atoms with E-state index < -0.39 is 35.0 Å². The van der Waals surface area contributed by atoms with Gasteiger partial charge in [0.2, 0.25) is 5.95 Å². The number of rotatable bonds is 14. The average Bonchev–Trinajstić information content (AvgIpc) is 2.93. The number of anilines is 1. The zero-order valence-electron chi connectivity index (χ0n) is 22.2. The van der Waals surface area contributed by atoms with Crippen molar-refractivity contribution in [1.82, 2.24) is 9.97 Å². The fourth-order valence-electron chi connectivity index (χ4n) is 3.44. The molecule has 208 valence electrons. The highest BCUT2D eigenvalue weighted by Crippen LogP contribution is 2.32. The molecule has 0 aliphatic carbocycles. The van der Waals surface area contributed by atoms with E-state index in [0.29, 0.717) is 34.5 Å². The third-order valence-electron chi connectivity index (χ3n) is 5.37. The first-order chi connectivity index (χ1) is 18.6. The molecule has 0 spiro atoms. The van der Waals surface area contributed by atoms with Crippen LogP contribution in [0.2, 0.25) is 0 Å². The van der Waals surface area contributed by atoms with Crippen LogP contribution in [0.1, 0.15) is 11.7 Å². The molecule has 0 amide bonds. The molecule has 13 nitrogen and oxygen atoms in total. The summed E-state index contributed by atoms with van der Waals surface area (Å²) in [6.07, 6.45) is 1.96. The topological polar surface area (TPSA) is 158 Å². The number of hydrogen-bond donors (Lipinski definition) is 0. The van der Waals surface area contributed by atoms with Gasteiger partial charge in [-0.25, -0.2) is 9.97 Å². The molecule has 1 unspecified atom stereocenters. The Balaban J connectivity index is 2.11. The van der Waals surface area contributed by atoms with Crippen molar-refractivity contribution in [1.29, 1.82) is 0 Å². The molecule has 0 N–H and O–H groups in total. The highest BCUT2D eigenvalue weighted by atomic mass is 32.2. The minimum Gasteiger partial charge on any atom is -0.497 e. The number of aromatic nitrogens is 2. The summed E-state index contributed by atoms with van der Waals surface area (Å²) in [6.45, 7) is -0.497. The van der Waals surface area contributed by atoms with Crippen LogP contribution >= 0.6 is 0 Å². The van der Waals surface area contributed by atoms with Gasteiger partial charge in [0.25, 0.3) is 10.1 Å². The molecule has 1 heterocycles. The second-order valence-corrected chi connectivity index (χ2v) is 10.1. The van der Waals surface area contributed by atoms with Crippen LogP contribution in [0.4, 0.5) is 5.95 Å². The smallest absolute Gasteiger partial charge is 0.264 e. The largest absolute Gasteiger partial charge is 0.497 e. The normalized spacial score (nSPS) is 13.4. The molecule has 0 bridgehead atoms. The summed E-state index contributed by atoms with van der Waals surface area (Å²) in [7, 11) is 2.82. The van der Waals surface area contributed by atoms with E-state index in [1.165, 1.54) is 7.11 Å². The van der Waals surface area contributed by atoms with Crippen LogP contribution in [0, 0.1) is 0 Å². The van der Waals surface area contributed by atoms with Crippen molar-refractivity contribution in [2.24, 2.45) is 5.11 Å². The lowest BCUT2D eigenvalue weighted by molar-refractivity contribution is 0.0257. The molecule has 0 aliphatic heterocycles. The third-order valence-corrected chi connectivity index (χ3v) is 5.94. The van der Waals surface area contributed by atoms with Gasteiger partial charge in [-0.1, -0.05) is 5.11 Å². The molecule has 1 aromatic heterocycles.